The number of para-hydroxylation sites is 1. The van der Waals surface area contributed by atoms with Crippen molar-refractivity contribution < 1.29 is 42.5 Å². The molecule has 2 aliphatic heterocycles. The zero-order chi connectivity index (χ0) is 28.3. The molecule has 214 valence electrons. The second kappa shape index (κ2) is 11.5. The summed E-state index contributed by atoms with van der Waals surface area (Å²) < 4.78 is 43.0. The first-order valence-electron chi connectivity index (χ1n) is 13.2. The van der Waals surface area contributed by atoms with E-state index in [2.05, 4.69) is 5.32 Å². The Morgan fingerprint density at radius 2 is 2.05 bits per heavy atom. The fraction of sp³-hybridized carbons (Fsp3) is 0.607. The van der Waals surface area contributed by atoms with Gasteiger partial charge in [-0.25, -0.2) is 14.0 Å². The van der Waals surface area contributed by atoms with E-state index in [1.54, 1.807) is 37.8 Å². The molecule has 10 nitrogen and oxygen atoms in total. The molecule has 4 rings (SSSR count). The van der Waals surface area contributed by atoms with Crippen molar-refractivity contribution >= 4 is 18.0 Å². The zero-order valence-corrected chi connectivity index (χ0v) is 22.9. The van der Waals surface area contributed by atoms with Gasteiger partial charge < -0.3 is 33.9 Å². The van der Waals surface area contributed by atoms with Crippen molar-refractivity contribution in [3.05, 3.63) is 41.7 Å². The molecule has 1 aromatic carbocycles. The minimum Gasteiger partial charge on any atom is -0.478 e. The van der Waals surface area contributed by atoms with Gasteiger partial charge in [-0.3, -0.25) is 4.79 Å². The highest BCUT2D eigenvalue weighted by atomic mass is 19.1. The van der Waals surface area contributed by atoms with Crippen LogP contribution in [0, 0.1) is 5.82 Å². The number of morpholine rings is 1. The standard InChI is InChI=1S/C28H37FN2O8/c1-19-13-27(17-35-14-22(32)30-27)16-31(19)25(34)37-18-38-28(11-6-5-7-12-28)20-9-8-10-21(29)24(20)36-15-23(33)39-26(2,3)4/h5-6,8-10,19H,7,11-18H2,1-4H3,(H,30,32). The molecule has 3 unspecified atom stereocenters. The molecule has 2 saturated heterocycles. The molecule has 0 saturated carbocycles. The van der Waals surface area contributed by atoms with Gasteiger partial charge in [0.05, 0.1) is 12.1 Å². The summed E-state index contributed by atoms with van der Waals surface area (Å²) in [6.07, 6.45) is 5.42. The zero-order valence-electron chi connectivity index (χ0n) is 22.9. The number of nitrogens with zero attached hydrogens (tertiary/aromatic N) is 1. The summed E-state index contributed by atoms with van der Waals surface area (Å²) in [4.78, 5) is 38.6. The molecule has 0 radical (unpaired) electrons. The van der Waals surface area contributed by atoms with Crippen LogP contribution in [-0.2, 0) is 34.1 Å². The second-order valence-electron chi connectivity index (χ2n) is 11.4. The molecule has 1 N–H and O–H groups in total. The molecule has 3 atom stereocenters. The van der Waals surface area contributed by atoms with E-state index < -0.39 is 41.2 Å². The molecular weight excluding hydrogens is 511 g/mol. The number of esters is 1. The van der Waals surface area contributed by atoms with Crippen LogP contribution >= 0.6 is 0 Å². The third kappa shape index (κ3) is 6.88. The monoisotopic (exact) mass is 548 g/mol. The molecular formula is C28H37FN2O8. The van der Waals surface area contributed by atoms with Crippen molar-refractivity contribution in [2.24, 2.45) is 0 Å². The lowest BCUT2D eigenvalue weighted by atomic mass is 9.82. The average molecular weight is 549 g/mol. The maximum Gasteiger partial charge on any atom is 0.412 e. The molecule has 1 spiro atoms. The Kier molecular flexibility index (Phi) is 8.51. The number of nitrogens with one attached hydrogen (secondary N) is 1. The molecule has 11 heteroatoms. The molecule has 1 aromatic rings. The van der Waals surface area contributed by atoms with E-state index in [0.717, 1.165) is 0 Å². The summed E-state index contributed by atoms with van der Waals surface area (Å²) in [5, 5.41) is 2.95. The number of carbonyl (C=O) groups excluding carboxylic acids is 3. The van der Waals surface area contributed by atoms with E-state index in [1.807, 2.05) is 19.1 Å². The van der Waals surface area contributed by atoms with Gasteiger partial charge in [0.2, 0.25) is 5.91 Å². The molecule has 1 aliphatic carbocycles. The smallest absolute Gasteiger partial charge is 0.412 e. The van der Waals surface area contributed by atoms with Gasteiger partial charge in [-0.1, -0.05) is 24.3 Å². The van der Waals surface area contributed by atoms with Gasteiger partial charge in [0.1, 0.15) is 17.8 Å². The summed E-state index contributed by atoms with van der Waals surface area (Å²) in [6.45, 7) is 6.83. The lowest BCUT2D eigenvalue weighted by Crippen LogP contribution is -2.58. The minimum atomic E-state index is -1.04. The van der Waals surface area contributed by atoms with Crippen LogP contribution in [0.1, 0.15) is 58.9 Å². The highest BCUT2D eigenvalue weighted by molar-refractivity contribution is 5.79. The van der Waals surface area contributed by atoms with Gasteiger partial charge in [-0.15, -0.1) is 0 Å². The van der Waals surface area contributed by atoms with Crippen molar-refractivity contribution in [3.8, 4) is 5.75 Å². The van der Waals surface area contributed by atoms with Crippen LogP contribution in [-0.4, -0.2) is 73.2 Å². The maximum absolute atomic E-state index is 15.0. The van der Waals surface area contributed by atoms with Crippen molar-refractivity contribution in [3.63, 3.8) is 0 Å². The highest BCUT2D eigenvalue weighted by Gasteiger charge is 2.48. The van der Waals surface area contributed by atoms with E-state index in [0.29, 0.717) is 37.9 Å². The number of likely N-dealkylation sites (tertiary alicyclic amines) is 1. The minimum absolute atomic E-state index is 0.00844. The number of halogens is 1. The van der Waals surface area contributed by atoms with Crippen LogP contribution in [0.4, 0.5) is 9.18 Å². The Bertz CT molecular complexity index is 1120. The van der Waals surface area contributed by atoms with Crippen molar-refractivity contribution in [1.29, 1.82) is 0 Å². The number of amides is 2. The van der Waals surface area contributed by atoms with Crippen molar-refractivity contribution in [2.45, 2.75) is 76.2 Å². The van der Waals surface area contributed by atoms with Gasteiger partial charge in [-0.05, 0) is 59.4 Å². The van der Waals surface area contributed by atoms with E-state index in [4.69, 9.17) is 23.7 Å². The molecule has 2 heterocycles. The van der Waals surface area contributed by atoms with Crippen LogP contribution in [0.15, 0.2) is 30.4 Å². The SMILES string of the molecule is CC1CC2(COCC(=O)N2)CN1C(=O)OCOC1(c2cccc(F)c2OCC(=O)OC(C)(C)C)CC=CCC1. The summed E-state index contributed by atoms with van der Waals surface area (Å²) in [6, 6.07) is 4.31. The Labute approximate surface area is 227 Å². The number of ether oxygens (including phenoxy) is 5. The summed E-state index contributed by atoms with van der Waals surface area (Å²) in [5.74, 6) is -1.58. The topological polar surface area (TPSA) is 113 Å². The van der Waals surface area contributed by atoms with E-state index in [-0.39, 0.29) is 37.6 Å². The van der Waals surface area contributed by atoms with Gasteiger partial charge in [0, 0.05) is 18.2 Å². The Morgan fingerprint density at radius 1 is 1.26 bits per heavy atom. The first-order chi connectivity index (χ1) is 18.4. The van der Waals surface area contributed by atoms with Crippen LogP contribution in [0.3, 0.4) is 0 Å². The number of allylic oxidation sites excluding steroid dienone is 1. The van der Waals surface area contributed by atoms with Crippen LogP contribution in [0.5, 0.6) is 5.75 Å². The van der Waals surface area contributed by atoms with Crippen LogP contribution in [0.2, 0.25) is 0 Å². The Balaban J connectivity index is 1.44. The highest BCUT2D eigenvalue weighted by Crippen LogP contribution is 2.43. The van der Waals surface area contributed by atoms with Gasteiger partial charge in [0.25, 0.3) is 0 Å². The third-order valence-electron chi connectivity index (χ3n) is 7.00. The van der Waals surface area contributed by atoms with Crippen LogP contribution in [0.25, 0.3) is 0 Å². The van der Waals surface area contributed by atoms with E-state index in [9.17, 15) is 18.8 Å². The molecule has 3 aliphatic rings. The van der Waals surface area contributed by atoms with E-state index in [1.165, 1.54) is 6.07 Å². The molecule has 39 heavy (non-hydrogen) atoms. The molecule has 2 fully saturated rings. The van der Waals surface area contributed by atoms with Crippen LogP contribution < -0.4 is 10.1 Å². The Morgan fingerprint density at radius 3 is 2.74 bits per heavy atom. The van der Waals surface area contributed by atoms with Gasteiger partial charge in [0.15, 0.2) is 25.0 Å². The van der Waals surface area contributed by atoms with Gasteiger partial charge >= 0.3 is 12.1 Å². The quantitative estimate of drug-likeness (QED) is 0.313. The number of hydrogen-bond acceptors (Lipinski definition) is 8. The lowest BCUT2D eigenvalue weighted by Gasteiger charge is -2.36. The van der Waals surface area contributed by atoms with E-state index >= 15 is 0 Å². The number of carbonyl (C=O) groups is 3. The predicted octanol–water partition coefficient (Wildman–Crippen LogP) is 3.57. The fourth-order valence-corrected chi connectivity index (χ4v) is 5.42. The first-order valence-corrected chi connectivity index (χ1v) is 13.2. The largest absolute Gasteiger partial charge is 0.478 e. The molecule has 2 amide bonds. The van der Waals surface area contributed by atoms with Crippen molar-refractivity contribution in [1.82, 2.24) is 10.2 Å². The fourth-order valence-electron chi connectivity index (χ4n) is 5.42. The first kappa shape index (κ1) is 28.8. The number of rotatable bonds is 7. The summed E-state index contributed by atoms with van der Waals surface area (Å²) in [5.41, 5.74) is -1.96. The normalized spacial score (nSPS) is 26.8. The molecule has 0 aromatic heterocycles. The summed E-state index contributed by atoms with van der Waals surface area (Å²) >= 11 is 0. The maximum atomic E-state index is 15.0. The summed E-state index contributed by atoms with van der Waals surface area (Å²) in [7, 11) is 0. The Hall–Kier alpha value is -3.18. The lowest BCUT2D eigenvalue weighted by molar-refractivity contribution is -0.157. The predicted molar refractivity (Wildman–Crippen MR) is 137 cm³/mol. The molecule has 0 bridgehead atoms. The third-order valence-corrected chi connectivity index (χ3v) is 7.00. The van der Waals surface area contributed by atoms with Gasteiger partial charge in [-0.2, -0.15) is 0 Å². The van der Waals surface area contributed by atoms with Crippen molar-refractivity contribution in [2.75, 3.05) is 33.2 Å². The number of benzene rings is 1. The second-order valence-corrected chi connectivity index (χ2v) is 11.4. The number of hydrogen-bond donors (Lipinski definition) is 1. The average Bonchev–Trinajstić information content (AvgIpc) is 3.17.